The molecule has 0 saturated carbocycles. The predicted molar refractivity (Wildman–Crippen MR) is 54.4 cm³/mol. The second-order valence-corrected chi connectivity index (χ2v) is 5.61. The quantitative estimate of drug-likeness (QED) is 0.472. The minimum absolute atomic E-state index is 0.185. The first kappa shape index (κ1) is 16.3. The molecule has 0 aromatic rings. The standard InChI is InChI=1S/C7H13N2O.F6P/c1-6(10)3-7-4-9(2)5-8-7;1-7(2,3,4,5)6/h4-7,10H,3H2,1-2H3;/q+1;-1. The molecule has 1 heterocycles. The molecule has 2 unspecified atom stereocenters. The van der Waals surface area contributed by atoms with Gasteiger partial charge >= 0.3 is 33.0 Å². The van der Waals surface area contributed by atoms with Crippen molar-refractivity contribution in [2.45, 2.75) is 25.5 Å². The molecule has 1 rings (SSSR count). The summed E-state index contributed by atoms with van der Waals surface area (Å²) in [5, 5.41) is 8.99. The van der Waals surface area contributed by atoms with Crippen molar-refractivity contribution in [3.05, 3.63) is 0 Å². The number of halogens is 6. The van der Waals surface area contributed by atoms with Gasteiger partial charge < -0.3 is 5.11 Å². The van der Waals surface area contributed by atoms with Gasteiger partial charge in [0.2, 0.25) is 0 Å². The number of hydrogen-bond donors (Lipinski definition) is 1. The fourth-order valence-electron chi connectivity index (χ4n) is 1.01. The van der Waals surface area contributed by atoms with Crippen LogP contribution < -0.4 is 0 Å². The molecule has 0 radical (unpaired) electrons. The van der Waals surface area contributed by atoms with Gasteiger partial charge in [-0.3, -0.25) is 0 Å². The fraction of sp³-hybridized carbons (Fsp3) is 0.714. The molecule has 17 heavy (non-hydrogen) atoms. The summed E-state index contributed by atoms with van der Waals surface area (Å²) < 4.78 is 61.1. The summed E-state index contributed by atoms with van der Waals surface area (Å²) >= 11 is 0. The zero-order valence-corrected chi connectivity index (χ0v) is 9.97. The van der Waals surface area contributed by atoms with Gasteiger partial charge in [-0.25, -0.2) is 4.58 Å². The number of aliphatic hydroxyl groups is 1. The van der Waals surface area contributed by atoms with Crippen LogP contribution in [0.5, 0.6) is 0 Å². The van der Waals surface area contributed by atoms with Gasteiger partial charge in [0.25, 0.3) is 6.34 Å². The molecule has 0 aromatic heterocycles. The Bertz CT molecular complexity index is 321. The third-order valence-electron chi connectivity index (χ3n) is 1.43. The van der Waals surface area contributed by atoms with Crippen molar-refractivity contribution in [1.29, 1.82) is 0 Å². The van der Waals surface area contributed by atoms with Crippen molar-refractivity contribution in [3.8, 4) is 0 Å². The maximum absolute atomic E-state index is 10.7. The van der Waals surface area contributed by atoms with E-state index in [0.717, 1.165) is 6.42 Å². The molecule has 0 aliphatic carbocycles. The molecule has 1 N–H and O–H groups in total. The zero-order valence-electron chi connectivity index (χ0n) is 9.07. The number of hydrogen-bond acceptors (Lipinski definition) is 2. The molecule has 104 valence electrons. The van der Waals surface area contributed by atoms with Gasteiger partial charge in [0.15, 0.2) is 6.04 Å². The summed E-state index contributed by atoms with van der Waals surface area (Å²) in [4.78, 5) is 4.14. The number of rotatable bonds is 2. The number of nitrogens with zero attached hydrogens (tertiary/aromatic N) is 2. The van der Waals surface area contributed by atoms with Crippen molar-refractivity contribution in [3.63, 3.8) is 0 Å². The van der Waals surface area contributed by atoms with E-state index in [2.05, 4.69) is 4.99 Å². The van der Waals surface area contributed by atoms with Crippen LogP contribution in [0, 0.1) is 0 Å². The topological polar surface area (TPSA) is 35.6 Å². The average molecular weight is 286 g/mol. The van der Waals surface area contributed by atoms with Gasteiger partial charge in [0.1, 0.15) is 6.21 Å². The van der Waals surface area contributed by atoms with Gasteiger partial charge in [-0.15, -0.1) is 0 Å². The summed E-state index contributed by atoms with van der Waals surface area (Å²) in [6.45, 7) is 1.78. The monoisotopic (exact) mass is 286 g/mol. The first-order valence-corrected chi connectivity index (χ1v) is 6.51. The molecule has 0 spiro atoms. The average Bonchev–Trinajstić information content (AvgIpc) is 2.26. The van der Waals surface area contributed by atoms with Crippen LogP contribution in [0.3, 0.4) is 0 Å². The first-order valence-electron chi connectivity index (χ1n) is 4.48. The molecular formula is C7H13F6N2OP. The summed E-state index contributed by atoms with van der Waals surface area (Å²) in [5.74, 6) is 0. The van der Waals surface area contributed by atoms with E-state index in [4.69, 9.17) is 5.11 Å². The number of aliphatic hydroxyl groups excluding tert-OH is 1. The molecule has 1 aliphatic rings. The van der Waals surface area contributed by atoms with Gasteiger partial charge in [0, 0.05) is 6.42 Å². The Balaban J connectivity index is 0.000000325. The molecule has 10 heteroatoms. The molecule has 1 aliphatic heterocycles. The normalized spacial score (nSPS) is 25.2. The van der Waals surface area contributed by atoms with E-state index in [-0.39, 0.29) is 12.1 Å². The Kier molecular flexibility index (Phi) is 4.03. The van der Waals surface area contributed by atoms with E-state index in [0.29, 0.717) is 0 Å². The van der Waals surface area contributed by atoms with Crippen LogP contribution in [0.25, 0.3) is 0 Å². The molecule has 0 fully saturated rings. The maximum atomic E-state index is 9.87. The molecular weight excluding hydrogens is 273 g/mol. The summed E-state index contributed by atoms with van der Waals surface area (Å²) in [6.07, 6.45) is 4.23. The molecule has 0 aromatic carbocycles. The van der Waals surface area contributed by atoms with Crippen molar-refractivity contribution < 1.29 is 34.9 Å². The van der Waals surface area contributed by atoms with E-state index in [1.165, 1.54) is 0 Å². The Hall–Kier alpha value is -0.690. The van der Waals surface area contributed by atoms with Crippen LogP contribution in [0.1, 0.15) is 13.3 Å². The van der Waals surface area contributed by atoms with Gasteiger partial charge in [0.05, 0.1) is 13.2 Å². The first-order chi connectivity index (χ1) is 7.13. The van der Waals surface area contributed by atoms with Crippen molar-refractivity contribution in [1.82, 2.24) is 0 Å². The molecule has 3 nitrogen and oxygen atoms in total. The second kappa shape index (κ2) is 4.20. The van der Waals surface area contributed by atoms with E-state index in [1.54, 1.807) is 13.3 Å². The summed E-state index contributed by atoms with van der Waals surface area (Å²) in [7, 11) is -8.72. The van der Waals surface area contributed by atoms with Gasteiger partial charge in [-0.05, 0) is 6.92 Å². The SMILES string of the molecule is CC(O)CC1C=[N+](C)C=N1.F[P-](F)(F)(F)(F)F. The van der Waals surface area contributed by atoms with Gasteiger partial charge in [-0.2, -0.15) is 0 Å². The zero-order chi connectivity index (χ0) is 14.0. The third kappa shape index (κ3) is 17.9. The van der Waals surface area contributed by atoms with Crippen molar-refractivity contribution in [2.24, 2.45) is 4.99 Å². The number of aliphatic imine (C=N–C) groups is 1. The van der Waals surface area contributed by atoms with E-state index >= 15 is 0 Å². The van der Waals surface area contributed by atoms with E-state index < -0.39 is 7.81 Å². The van der Waals surface area contributed by atoms with Crippen LogP contribution in [0.2, 0.25) is 0 Å². The van der Waals surface area contributed by atoms with Crippen molar-refractivity contribution in [2.75, 3.05) is 7.05 Å². The van der Waals surface area contributed by atoms with Crippen LogP contribution in [0.15, 0.2) is 4.99 Å². The Labute approximate surface area is 93.7 Å². The van der Waals surface area contributed by atoms with E-state index in [1.807, 2.05) is 17.8 Å². The van der Waals surface area contributed by atoms with Crippen LogP contribution in [0.4, 0.5) is 25.2 Å². The molecule has 0 bridgehead atoms. The molecule has 0 amide bonds. The molecule has 2 atom stereocenters. The summed E-state index contributed by atoms with van der Waals surface area (Å²) in [5.41, 5.74) is 0. The third-order valence-corrected chi connectivity index (χ3v) is 1.43. The Morgan fingerprint density at radius 1 is 1.29 bits per heavy atom. The fourth-order valence-corrected chi connectivity index (χ4v) is 1.01. The van der Waals surface area contributed by atoms with Crippen molar-refractivity contribution >= 4 is 20.4 Å². The predicted octanol–water partition coefficient (Wildman–Crippen LogP) is 3.26. The molecule has 0 saturated heterocycles. The van der Waals surface area contributed by atoms with Crippen LogP contribution in [-0.4, -0.2) is 41.4 Å². The van der Waals surface area contributed by atoms with Gasteiger partial charge in [-0.1, -0.05) is 4.99 Å². The summed E-state index contributed by atoms with van der Waals surface area (Å²) in [6, 6.07) is 0.185. The van der Waals surface area contributed by atoms with Crippen LogP contribution in [-0.2, 0) is 0 Å². The second-order valence-electron chi connectivity index (χ2n) is 3.69. The van der Waals surface area contributed by atoms with E-state index in [9.17, 15) is 25.2 Å². The van der Waals surface area contributed by atoms with Crippen LogP contribution >= 0.6 is 7.81 Å². The Morgan fingerprint density at radius 3 is 1.94 bits per heavy atom. The Morgan fingerprint density at radius 2 is 1.71 bits per heavy atom. The minimum atomic E-state index is -10.7.